The Hall–Kier alpha value is -2.98. The number of hydrogen-bond acceptors (Lipinski definition) is 12. The van der Waals surface area contributed by atoms with Gasteiger partial charge in [0.15, 0.2) is 0 Å². The molecule has 2 heterocycles. The number of carboxylic acids is 1. The molecule has 1 fully saturated rings. The van der Waals surface area contributed by atoms with Crippen LogP contribution in [0.15, 0.2) is 16.4 Å². The predicted octanol–water partition coefficient (Wildman–Crippen LogP) is -2.16. The van der Waals surface area contributed by atoms with Crippen molar-refractivity contribution in [2.45, 2.75) is 18.3 Å². The number of nitrogens with one attached hydrogen (secondary N) is 1. The number of ether oxygens (including phenoxy) is 1. The molecule has 1 unspecified atom stereocenters. The maximum Gasteiger partial charge on any atom is 0.352 e. The Morgan fingerprint density at radius 3 is 2.50 bits per heavy atom. The van der Waals surface area contributed by atoms with E-state index < -0.39 is 63.4 Å². The maximum atomic E-state index is 12.6. The number of esters is 1. The molecule has 176 valence electrons. The van der Waals surface area contributed by atoms with Gasteiger partial charge in [-0.2, -0.15) is 8.42 Å². The zero-order chi connectivity index (χ0) is 24.2. The summed E-state index contributed by atoms with van der Waals surface area (Å²) in [6.07, 6.45) is 0.707. The highest BCUT2D eigenvalue weighted by Crippen LogP contribution is 2.40. The zero-order valence-corrected chi connectivity index (χ0v) is 18.6. The lowest BCUT2D eigenvalue weighted by Crippen LogP contribution is -2.71. The number of amides is 2. The number of oxime groups is 1. The van der Waals surface area contributed by atoms with Crippen LogP contribution in [0.3, 0.4) is 0 Å². The second-order valence-corrected chi connectivity index (χ2v) is 9.16. The standard InChI is InChI=1S/C16H19N3O11S2/c1-7(20)29-4-8-6-31-15-11(14(23)19(15)12(8)16(24)25)17-13(22)10(18-28-2)9(21)5-30-32(3,26)27/h11,15H,4-6H2,1-3H3,(H,17,22)(H,24,25)/b18-10+/t11?,15-/m1/s1. The van der Waals surface area contributed by atoms with Gasteiger partial charge in [-0.05, 0) is 0 Å². The van der Waals surface area contributed by atoms with E-state index in [4.69, 9.17) is 4.74 Å². The highest BCUT2D eigenvalue weighted by Gasteiger charge is 2.54. The molecule has 32 heavy (non-hydrogen) atoms. The van der Waals surface area contributed by atoms with Crippen LogP contribution in [0.1, 0.15) is 6.92 Å². The zero-order valence-electron chi connectivity index (χ0n) is 17.0. The minimum absolute atomic E-state index is 0.107. The molecule has 16 heteroatoms. The van der Waals surface area contributed by atoms with Gasteiger partial charge in [-0.25, -0.2) is 4.79 Å². The van der Waals surface area contributed by atoms with E-state index in [0.29, 0.717) is 6.26 Å². The topological polar surface area (TPSA) is 195 Å². The smallest absolute Gasteiger partial charge is 0.352 e. The molecule has 2 rings (SSSR count). The third-order valence-electron chi connectivity index (χ3n) is 4.05. The summed E-state index contributed by atoms with van der Waals surface area (Å²) >= 11 is 1.11. The first-order valence-electron chi connectivity index (χ1n) is 8.70. The molecule has 0 spiro atoms. The molecule has 14 nitrogen and oxygen atoms in total. The average Bonchev–Trinajstić information content (AvgIpc) is 2.70. The Labute approximate surface area is 186 Å². The van der Waals surface area contributed by atoms with Gasteiger partial charge in [0.25, 0.3) is 21.9 Å². The number of β-lactam (4-membered cyclic amide) rings is 1. The number of fused-ring (bicyclic) bond motifs is 1. The number of hydrogen-bond donors (Lipinski definition) is 2. The molecular formula is C16H19N3O11S2. The van der Waals surface area contributed by atoms with Crippen LogP contribution in [0.2, 0.25) is 0 Å². The van der Waals surface area contributed by atoms with E-state index >= 15 is 0 Å². The summed E-state index contributed by atoms with van der Waals surface area (Å²) in [5, 5.41) is 14.2. The van der Waals surface area contributed by atoms with Crippen molar-refractivity contribution in [3.63, 3.8) is 0 Å². The Kier molecular flexibility index (Phi) is 7.97. The molecule has 0 bridgehead atoms. The van der Waals surface area contributed by atoms with Crippen LogP contribution in [0, 0.1) is 0 Å². The van der Waals surface area contributed by atoms with E-state index in [2.05, 4.69) is 19.5 Å². The Morgan fingerprint density at radius 2 is 1.97 bits per heavy atom. The molecule has 2 atom stereocenters. The van der Waals surface area contributed by atoms with Gasteiger partial charge in [0.2, 0.25) is 11.5 Å². The Morgan fingerprint density at radius 1 is 1.31 bits per heavy atom. The molecule has 2 aliphatic rings. The first-order chi connectivity index (χ1) is 14.9. The van der Waals surface area contributed by atoms with E-state index in [9.17, 15) is 37.5 Å². The number of Topliss-reactive ketones (excluding diaryl/α,β-unsaturated/α-hetero) is 1. The van der Waals surface area contributed by atoms with Crippen molar-refractivity contribution in [2.75, 3.05) is 32.3 Å². The number of carbonyl (C=O) groups is 5. The number of nitrogens with zero attached hydrogens (tertiary/aromatic N) is 2. The SMILES string of the molecule is CO/N=C(\C(=O)COS(C)(=O)=O)C(=O)NC1C(=O)N2C(C(=O)O)=C(COC(C)=O)CS[C@H]12. The molecule has 1 saturated heterocycles. The minimum Gasteiger partial charge on any atom is -0.477 e. The first kappa shape index (κ1) is 25.3. The van der Waals surface area contributed by atoms with Crippen LogP contribution in [0.5, 0.6) is 0 Å². The van der Waals surface area contributed by atoms with Crippen LogP contribution >= 0.6 is 11.8 Å². The fraction of sp³-hybridized carbons (Fsp3) is 0.500. The minimum atomic E-state index is -3.97. The number of carboxylic acid groups (broad SMARTS) is 1. The Balaban J connectivity index is 2.15. The van der Waals surface area contributed by atoms with Crippen molar-refractivity contribution in [1.29, 1.82) is 0 Å². The summed E-state index contributed by atoms with van der Waals surface area (Å²) in [6, 6.07) is -1.19. The van der Waals surface area contributed by atoms with E-state index in [1.807, 2.05) is 0 Å². The molecular weight excluding hydrogens is 474 g/mol. The van der Waals surface area contributed by atoms with E-state index in [1.54, 1.807) is 0 Å². The lowest BCUT2D eigenvalue weighted by Gasteiger charge is -2.49. The van der Waals surface area contributed by atoms with Gasteiger partial charge < -0.3 is 20.0 Å². The van der Waals surface area contributed by atoms with Crippen LogP contribution in [-0.4, -0.2) is 97.4 Å². The largest absolute Gasteiger partial charge is 0.477 e. The number of thioether (sulfide) groups is 1. The first-order valence-corrected chi connectivity index (χ1v) is 11.6. The normalized spacial score (nSPS) is 20.8. The lowest BCUT2D eigenvalue weighted by molar-refractivity contribution is -0.150. The number of rotatable bonds is 10. The summed E-state index contributed by atoms with van der Waals surface area (Å²) in [4.78, 5) is 65.2. The number of aliphatic carboxylic acids is 1. The summed E-state index contributed by atoms with van der Waals surface area (Å²) in [7, 11) is -2.93. The van der Waals surface area contributed by atoms with Gasteiger partial charge in [-0.15, -0.1) is 11.8 Å². The van der Waals surface area contributed by atoms with Crippen molar-refractivity contribution in [3.05, 3.63) is 11.3 Å². The molecule has 2 aliphatic heterocycles. The second kappa shape index (κ2) is 10.1. The summed E-state index contributed by atoms with van der Waals surface area (Å²) in [5.74, 6) is -4.96. The van der Waals surface area contributed by atoms with Crippen molar-refractivity contribution in [1.82, 2.24) is 10.2 Å². The fourth-order valence-electron chi connectivity index (χ4n) is 2.73. The average molecular weight is 493 g/mol. The highest BCUT2D eigenvalue weighted by molar-refractivity contribution is 8.00. The van der Waals surface area contributed by atoms with Gasteiger partial charge in [0, 0.05) is 18.2 Å². The molecule has 2 amide bonds. The molecule has 0 aliphatic carbocycles. The third-order valence-corrected chi connectivity index (χ3v) is 5.94. The molecule has 0 aromatic rings. The molecule has 0 saturated carbocycles. The maximum absolute atomic E-state index is 12.6. The van der Waals surface area contributed by atoms with Crippen molar-refractivity contribution < 1.29 is 51.3 Å². The molecule has 0 radical (unpaired) electrons. The fourth-order valence-corrected chi connectivity index (χ4v) is 4.38. The lowest BCUT2D eigenvalue weighted by atomic mass is 10.0. The summed E-state index contributed by atoms with van der Waals surface area (Å²) in [6.45, 7) is -0.165. The van der Waals surface area contributed by atoms with Gasteiger partial charge >= 0.3 is 11.9 Å². The van der Waals surface area contributed by atoms with Crippen molar-refractivity contribution in [2.24, 2.45) is 5.16 Å². The van der Waals surface area contributed by atoms with Crippen LogP contribution < -0.4 is 5.32 Å². The molecule has 2 N–H and O–H groups in total. The van der Waals surface area contributed by atoms with Gasteiger partial charge in [0.05, 0.1) is 6.26 Å². The van der Waals surface area contributed by atoms with Crippen LogP contribution in [0.25, 0.3) is 0 Å². The van der Waals surface area contributed by atoms with Crippen LogP contribution in [0.4, 0.5) is 0 Å². The van der Waals surface area contributed by atoms with E-state index in [1.165, 1.54) is 0 Å². The van der Waals surface area contributed by atoms with Gasteiger partial charge in [-0.3, -0.25) is 28.3 Å². The Bertz CT molecular complexity index is 1020. The quantitative estimate of drug-likeness (QED) is 0.0836. The number of carbonyl (C=O) groups excluding carboxylic acids is 4. The van der Waals surface area contributed by atoms with Crippen LogP contribution in [-0.2, 0) is 47.8 Å². The monoisotopic (exact) mass is 493 g/mol. The third kappa shape index (κ3) is 5.83. The van der Waals surface area contributed by atoms with Gasteiger partial charge in [0.1, 0.15) is 37.4 Å². The van der Waals surface area contributed by atoms with Crippen molar-refractivity contribution >= 4 is 57.1 Å². The second-order valence-electron chi connectivity index (χ2n) is 6.41. The molecule has 0 aromatic heterocycles. The summed E-state index contributed by atoms with van der Waals surface area (Å²) in [5.41, 5.74) is -0.983. The number of ketones is 1. The highest BCUT2D eigenvalue weighted by atomic mass is 32.2. The molecule has 0 aromatic carbocycles. The van der Waals surface area contributed by atoms with E-state index in [0.717, 1.165) is 30.7 Å². The summed E-state index contributed by atoms with van der Waals surface area (Å²) < 4.78 is 31.2. The van der Waals surface area contributed by atoms with E-state index in [-0.39, 0.29) is 23.6 Å². The van der Waals surface area contributed by atoms with Gasteiger partial charge in [-0.1, -0.05) is 5.16 Å². The predicted molar refractivity (Wildman–Crippen MR) is 107 cm³/mol. The van der Waals surface area contributed by atoms with Crippen molar-refractivity contribution in [3.8, 4) is 0 Å².